The van der Waals surface area contributed by atoms with Gasteiger partial charge in [-0.05, 0) is 6.07 Å². The molecule has 0 saturated heterocycles. The first-order valence-corrected chi connectivity index (χ1v) is 7.34. The topological polar surface area (TPSA) is 80.5 Å². The van der Waals surface area contributed by atoms with Crippen molar-refractivity contribution in [2.45, 2.75) is 19.5 Å². The molecule has 128 valence electrons. The van der Waals surface area contributed by atoms with Crippen molar-refractivity contribution in [3.8, 4) is 5.75 Å². The Kier molecular flexibility index (Phi) is 4.43. The fourth-order valence-electron chi connectivity index (χ4n) is 2.78. The van der Waals surface area contributed by atoms with Gasteiger partial charge in [-0.2, -0.15) is 0 Å². The van der Waals surface area contributed by atoms with Crippen molar-refractivity contribution in [3.63, 3.8) is 0 Å². The Balaban J connectivity index is 1.85. The molecule has 0 atom stereocenters. The van der Waals surface area contributed by atoms with E-state index in [0.29, 0.717) is 24.4 Å². The van der Waals surface area contributed by atoms with E-state index in [1.807, 2.05) is 4.90 Å². The molecular weight excluding hydrogens is 322 g/mol. The Hall–Kier alpha value is -2.55. The SMILES string of the molecule is Cn1nnc(CN2CCOc3c(cccc3C(=O)O)C2)c1C(F)F. The van der Waals surface area contributed by atoms with E-state index in [4.69, 9.17) is 4.74 Å². The van der Waals surface area contributed by atoms with Crippen LogP contribution in [0.3, 0.4) is 0 Å². The van der Waals surface area contributed by atoms with Gasteiger partial charge in [-0.1, -0.05) is 17.3 Å². The number of rotatable bonds is 4. The third kappa shape index (κ3) is 3.07. The smallest absolute Gasteiger partial charge is 0.339 e. The zero-order chi connectivity index (χ0) is 17.3. The molecule has 1 aromatic carbocycles. The normalized spacial score (nSPS) is 15.0. The van der Waals surface area contributed by atoms with Gasteiger partial charge in [0.05, 0.1) is 0 Å². The number of aromatic nitrogens is 3. The molecule has 1 aliphatic heterocycles. The second-order valence-corrected chi connectivity index (χ2v) is 5.50. The number of para-hydroxylation sites is 1. The number of carboxylic acids is 1. The lowest BCUT2D eigenvalue weighted by Gasteiger charge is -2.18. The van der Waals surface area contributed by atoms with Crippen LogP contribution in [0.5, 0.6) is 5.75 Å². The van der Waals surface area contributed by atoms with Gasteiger partial charge in [-0.15, -0.1) is 5.10 Å². The van der Waals surface area contributed by atoms with Crippen molar-refractivity contribution >= 4 is 5.97 Å². The molecule has 0 fully saturated rings. The van der Waals surface area contributed by atoms with Gasteiger partial charge in [0.1, 0.15) is 29.3 Å². The van der Waals surface area contributed by atoms with Gasteiger partial charge in [0.25, 0.3) is 6.43 Å². The first-order chi connectivity index (χ1) is 11.5. The van der Waals surface area contributed by atoms with Crippen molar-refractivity contribution < 1.29 is 23.4 Å². The van der Waals surface area contributed by atoms with E-state index in [9.17, 15) is 18.7 Å². The van der Waals surface area contributed by atoms with Crippen LogP contribution in [0.15, 0.2) is 18.2 Å². The van der Waals surface area contributed by atoms with Gasteiger partial charge in [0.2, 0.25) is 0 Å². The van der Waals surface area contributed by atoms with Crippen LogP contribution < -0.4 is 4.74 Å². The van der Waals surface area contributed by atoms with Crippen LogP contribution in [0.2, 0.25) is 0 Å². The van der Waals surface area contributed by atoms with Crippen molar-refractivity contribution in [1.82, 2.24) is 19.9 Å². The van der Waals surface area contributed by atoms with E-state index in [-0.39, 0.29) is 30.1 Å². The minimum atomic E-state index is -2.66. The number of benzene rings is 1. The Bertz CT molecular complexity index is 763. The highest BCUT2D eigenvalue weighted by molar-refractivity contribution is 5.91. The van der Waals surface area contributed by atoms with Crippen LogP contribution in [-0.2, 0) is 20.1 Å². The zero-order valence-corrected chi connectivity index (χ0v) is 12.9. The summed E-state index contributed by atoms with van der Waals surface area (Å²) in [6, 6.07) is 4.89. The van der Waals surface area contributed by atoms with E-state index >= 15 is 0 Å². The summed E-state index contributed by atoms with van der Waals surface area (Å²) in [6.07, 6.45) is -2.66. The average Bonchev–Trinajstić information content (AvgIpc) is 2.76. The molecule has 0 unspecified atom stereocenters. The molecule has 1 aromatic heterocycles. The number of halogens is 2. The third-order valence-electron chi connectivity index (χ3n) is 3.90. The van der Waals surface area contributed by atoms with Crippen LogP contribution in [0.1, 0.15) is 33.7 Å². The van der Waals surface area contributed by atoms with E-state index < -0.39 is 12.4 Å². The summed E-state index contributed by atoms with van der Waals surface area (Å²) in [7, 11) is 1.43. The van der Waals surface area contributed by atoms with E-state index in [0.717, 1.165) is 4.68 Å². The molecule has 2 heterocycles. The molecule has 7 nitrogen and oxygen atoms in total. The van der Waals surface area contributed by atoms with Crippen LogP contribution in [0.4, 0.5) is 8.78 Å². The maximum absolute atomic E-state index is 13.1. The van der Waals surface area contributed by atoms with Gasteiger partial charge in [0, 0.05) is 32.2 Å². The van der Waals surface area contributed by atoms with E-state index in [1.165, 1.54) is 13.1 Å². The number of alkyl halides is 2. The number of hydrogen-bond donors (Lipinski definition) is 1. The molecule has 2 aromatic rings. The number of ether oxygens (including phenoxy) is 1. The number of nitrogens with zero attached hydrogens (tertiary/aromatic N) is 4. The molecular formula is C15H16F2N4O3. The summed E-state index contributed by atoms with van der Waals surface area (Å²) in [5.74, 6) is -0.727. The Morgan fingerprint density at radius 2 is 2.25 bits per heavy atom. The molecule has 0 aliphatic carbocycles. The molecule has 0 spiro atoms. The summed E-state index contributed by atoms with van der Waals surface area (Å²) < 4.78 is 32.9. The van der Waals surface area contributed by atoms with Gasteiger partial charge >= 0.3 is 5.97 Å². The summed E-state index contributed by atoms with van der Waals surface area (Å²) >= 11 is 0. The predicted molar refractivity (Wildman–Crippen MR) is 79.0 cm³/mol. The molecule has 0 saturated carbocycles. The number of fused-ring (bicyclic) bond motifs is 1. The highest BCUT2D eigenvalue weighted by atomic mass is 19.3. The maximum Gasteiger partial charge on any atom is 0.339 e. The van der Waals surface area contributed by atoms with Crippen molar-refractivity contribution in [1.29, 1.82) is 0 Å². The summed E-state index contributed by atoms with van der Waals surface area (Å²) in [4.78, 5) is 13.2. The van der Waals surface area contributed by atoms with Crippen LogP contribution in [0, 0.1) is 0 Å². The fraction of sp³-hybridized carbons (Fsp3) is 0.400. The largest absolute Gasteiger partial charge is 0.491 e. The molecule has 24 heavy (non-hydrogen) atoms. The van der Waals surface area contributed by atoms with Crippen LogP contribution in [-0.4, -0.2) is 44.1 Å². The Morgan fingerprint density at radius 1 is 1.46 bits per heavy atom. The standard InChI is InChI=1S/C15H16F2N4O3/c1-20-12(14(16)17)11(18-19-20)8-21-5-6-24-13-9(7-21)3-2-4-10(13)15(22)23/h2-4,14H,5-8H2,1H3,(H,22,23). The highest BCUT2D eigenvalue weighted by Gasteiger charge is 2.25. The lowest BCUT2D eigenvalue weighted by Crippen LogP contribution is -2.26. The second kappa shape index (κ2) is 6.52. The number of carboxylic acid groups (broad SMARTS) is 1. The van der Waals surface area contributed by atoms with Gasteiger partial charge in [-0.3, -0.25) is 4.90 Å². The molecule has 0 bridgehead atoms. The number of carbonyl (C=O) groups is 1. The fourth-order valence-corrected chi connectivity index (χ4v) is 2.78. The number of aryl methyl sites for hydroxylation is 1. The molecule has 1 aliphatic rings. The van der Waals surface area contributed by atoms with Crippen molar-refractivity contribution in [3.05, 3.63) is 40.7 Å². The number of hydrogen-bond acceptors (Lipinski definition) is 5. The summed E-state index contributed by atoms with van der Waals surface area (Å²) in [6.45, 7) is 1.30. The molecule has 9 heteroatoms. The highest BCUT2D eigenvalue weighted by Crippen LogP contribution is 2.29. The van der Waals surface area contributed by atoms with E-state index in [1.54, 1.807) is 12.1 Å². The van der Waals surface area contributed by atoms with E-state index in [2.05, 4.69) is 10.3 Å². The summed E-state index contributed by atoms with van der Waals surface area (Å²) in [5, 5.41) is 16.7. The van der Waals surface area contributed by atoms with Gasteiger partial charge < -0.3 is 9.84 Å². The average molecular weight is 338 g/mol. The van der Waals surface area contributed by atoms with Gasteiger partial charge in [0.15, 0.2) is 0 Å². The van der Waals surface area contributed by atoms with Crippen molar-refractivity contribution in [2.24, 2.45) is 7.05 Å². The first-order valence-electron chi connectivity index (χ1n) is 7.34. The molecule has 0 amide bonds. The third-order valence-corrected chi connectivity index (χ3v) is 3.90. The maximum atomic E-state index is 13.1. The van der Waals surface area contributed by atoms with Crippen LogP contribution >= 0.6 is 0 Å². The zero-order valence-electron chi connectivity index (χ0n) is 12.9. The Morgan fingerprint density at radius 3 is 2.96 bits per heavy atom. The summed E-state index contributed by atoms with van der Waals surface area (Å²) in [5.41, 5.74) is 0.807. The molecule has 1 N–H and O–H groups in total. The lowest BCUT2D eigenvalue weighted by molar-refractivity contribution is 0.0692. The molecule has 3 rings (SSSR count). The molecule has 0 radical (unpaired) electrons. The second-order valence-electron chi connectivity index (χ2n) is 5.50. The quantitative estimate of drug-likeness (QED) is 0.916. The first kappa shape index (κ1) is 16.3. The minimum Gasteiger partial charge on any atom is -0.491 e. The van der Waals surface area contributed by atoms with Crippen molar-refractivity contribution in [2.75, 3.05) is 13.2 Å². The predicted octanol–water partition coefficient (Wildman–Crippen LogP) is 1.85. The lowest BCUT2D eigenvalue weighted by atomic mass is 10.1. The van der Waals surface area contributed by atoms with Crippen LogP contribution in [0.25, 0.3) is 0 Å². The minimum absolute atomic E-state index is 0.0992. The van der Waals surface area contributed by atoms with Gasteiger partial charge in [-0.25, -0.2) is 18.3 Å². The monoisotopic (exact) mass is 338 g/mol. The Labute approximate surface area is 136 Å². The number of aromatic carboxylic acids is 1.